The van der Waals surface area contributed by atoms with E-state index >= 15 is 0 Å². The van der Waals surface area contributed by atoms with Crippen LogP contribution in [0.5, 0.6) is 0 Å². The molecule has 1 fully saturated rings. The van der Waals surface area contributed by atoms with E-state index in [1.165, 1.54) is 4.31 Å². The lowest BCUT2D eigenvalue weighted by Gasteiger charge is -2.27. The molecular formula is C26H30N8O2S. The largest absolute Gasteiger partial charge is 0.384 e. The van der Waals surface area contributed by atoms with Crippen molar-refractivity contribution in [2.45, 2.75) is 18.2 Å². The number of H-pyrrole nitrogens is 1. The van der Waals surface area contributed by atoms with Crippen molar-refractivity contribution >= 4 is 50.4 Å². The summed E-state index contributed by atoms with van der Waals surface area (Å²) in [5.74, 6) is 0.424. The molecule has 10 nitrogen and oxygen atoms in total. The lowest BCUT2D eigenvalue weighted by Crippen LogP contribution is -2.46. The molecule has 0 aliphatic carbocycles. The minimum absolute atomic E-state index is 0.280. The van der Waals surface area contributed by atoms with Gasteiger partial charge < -0.3 is 16.0 Å². The number of aromatic amines is 1. The standard InChI is InChI=1S/C26H30N8O2S/c1-2-10-28-24-15-21(8-9-25(24)37(35,36)34-13-11-27-12-14-34)32-26-29-16-19(17-30-26)6-7-20-4-3-5-23-22(20)18-31-33-23/h3-9,15-18,27-28H,2,10-14H2,1H3,(H,31,33)(H,29,30,32)/b7-6+. The Hall–Kier alpha value is -3.80. The maximum atomic E-state index is 13.3. The van der Waals surface area contributed by atoms with Crippen LogP contribution in [0.4, 0.5) is 17.3 Å². The monoisotopic (exact) mass is 518 g/mol. The van der Waals surface area contributed by atoms with Gasteiger partial charge in [-0.05, 0) is 36.2 Å². The van der Waals surface area contributed by atoms with Crippen LogP contribution in [0, 0.1) is 0 Å². The van der Waals surface area contributed by atoms with E-state index in [1.807, 2.05) is 43.5 Å². The second-order valence-electron chi connectivity index (χ2n) is 8.77. The summed E-state index contributed by atoms with van der Waals surface area (Å²) in [4.78, 5) is 9.14. The average molecular weight is 519 g/mol. The molecule has 2 aromatic heterocycles. The minimum Gasteiger partial charge on any atom is -0.384 e. The van der Waals surface area contributed by atoms with Gasteiger partial charge in [0.05, 0.1) is 17.4 Å². The number of rotatable bonds is 9. The SMILES string of the molecule is CCCNc1cc(Nc2ncc(/C=C/c3cccc4[nH]ncc34)cn2)ccc1S(=O)(=O)N1CCNCC1. The van der Waals surface area contributed by atoms with Crippen molar-refractivity contribution in [3.05, 3.63) is 66.1 Å². The highest BCUT2D eigenvalue weighted by Gasteiger charge is 2.28. The van der Waals surface area contributed by atoms with Gasteiger partial charge in [-0.25, -0.2) is 18.4 Å². The van der Waals surface area contributed by atoms with Crippen LogP contribution in [-0.4, -0.2) is 65.6 Å². The van der Waals surface area contributed by atoms with Gasteiger partial charge in [-0.1, -0.05) is 31.2 Å². The van der Waals surface area contributed by atoms with Crippen LogP contribution >= 0.6 is 0 Å². The zero-order chi connectivity index (χ0) is 25.7. The molecule has 3 heterocycles. The van der Waals surface area contributed by atoms with E-state index in [0.717, 1.165) is 28.5 Å². The first-order valence-electron chi connectivity index (χ1n) is 12.3. The lowest BCUT2D eigenvalue weighted by molar-refractivity contribution is 0.360. The van der Waals surface area contributed by atoms with E-state index < -0.39 is 10.0 Å². The molecule has 0 saturated carbocycles. The van der Waals surface area contributed by atoms with Gasteiger partial charge in [0.2, 0.25) is 16.0 Å². The van der Waals surface area contributed by atoms with Crippen LogP contribution in [0.2, 0.25) is 0 Å². The van der Waals surface area contributed by atoms with E-state index in [1.54, 1.807) is 30.6 Å². The van der Waals surface area contributed by atoms with Crippen LogP contribution in [-0.2, 0) is 10.0 Å². The number of benzene rings is 2. The Kier molecular flexibility index (Phi) is 7.45. The molecule has 1 aliphatic rings. The summed E-state index contributed by atoms with van der Waals surface area (Å²) in [5.41, 5.74) is 4.16. The van der Waals surface area contributed by atoms with Gasteiger partial charge in [-0.15, -0.1) is 0 Å². The zero-order valence-electron chi connectivity index (χ0n) is 20.6. The molecule has 4 aromatic rings. The van der Waals surface area contributed by atoms with E-state index in [0.29, 0.717) is 50.0 Å². The molecule has 0 unspecified atom stereocenters. The summed E-state index contributed by atoms with van der Waals surface area (Å²) in [6.45, 7) is 4.93. The van der Waals surface area contributed by atoms with Gasteiger partial charge in [0.25, 0.3) is 0 Å². The quantitative estimate of drug-likeness (QED) is 0.264. The third-order valence-electron chi connectivity index (χ3n) is 6.14. The van der Waals surface area contributed by atoms with E-state index in [-0.39, 0.29) is 4.90 Å². The number of fused-ring (bicyclic) bond motifs is 1. The van der Waals surface area contributed by atoms with Crippen LogP contribution in [0.3, 0.4) is 0 Å². The average Bonchev–Trinajstić information content (AvgIpc) is 3.42. The van der Waals surface area contributed by atoms with Crippen molar-refractivity contribution in [3.63, 3.8) is 0 Å². The third-order valence-corrected chi connectivity index (χ3v) is 8.10. The highest BCUT2D eigenvalue weighted by Crippen LogP contribution is 2.29. The highest BCUT2D eigenvalue weighted by molar-refractivity contribution is 7.89. The molecule has 0 bridgehead atoms. The molecule has 0 radical (unpaired) electrons. The number of piperazine rings is 1. The summed E-state index contributed by atoms with van der Waals surface area (Å²) in [5, 5.41) is 17.8. The van der Waals surface area contributed by atoms with E-state index in [2.05, 4.69) is 36.1 Å². The Labute approximate surface area is 216 Å². The summed E-state index contributed by atoms with van der Waals surface area (Å²) in [6.07, 6.45) is 10.1. The zero-order valence-corrected chi connectivity index (χ0v) is 21.4. The normalized spacial score (nSPS) is 14.8. The van der Waals surface area contributed by atoms with Crippen LogP contribution in [0.1, 0.15) is 24.5 Å². The van der Waals surface area contributed by atoms with E-state index in [4.69, 9.17) is 0 Å². The number of anilines is 3. The summed E-state index contributed by atoms with van der Waals surface area (Å²) in [6, 6.07) is 11.2. The molecule has 11 heteroatoms. The van der Waals surface area contributed by atoms with Gasteiger partial charge in [0.1, 0.15) is 4.90 Å². The fraction of sp³-hybridized carbons (Fsp3) is 0.269. The third kappa shape index (κ3) is 5.63. The van der Waals surface area contributed by atoms with Crippen molar-refractivity contribution in [2.24, 2.45) is 0 Å². The first-order chi connectivity index (χ1) is 18.0. The van der Waals surface area contributed by atoms with Crippen molar-refractivity contribution in [3.8, 4) is 0 Å². The minimum atomic E-state index is -3.60. The maximum absolute atomic E-state index is 13.3. The second-order valence-corrected chi connectivity index (χ2v) is 10.7. The van der Waals surface area contributed by atoms with Crippen LogP contribution in [0.25, 0.3) is 23.1 Å². The molecule has 4 N–H and O–H groups in total. The summed E-state index contributed by atoms with van der Waals surface area (Å²) >= 11 is 0. The molecular weight excluding hydrogens is 488 g/mol. The summed E-state index contributed by atoms with van der Waals surface area (Å²) in [7, 11) is -3.60. The van der Waals surface area contributed by atoms with Crippen molar-refractivity contribution < 1.29 is 8.42 Å². The Morgan fingerprint density at radius 3 is 2.65 bits per heavy atom. The maximum Gasteiger partial charge on any atom is 0.245 e. The van der Waals surface area contributed by atoms with Gasteiger partial charge in [-0.2, -0.15) is 9.40 Å². The fourth-order valence-electron chi connectivity index (χ4n) is 4.19. The molecule has 37 heavy (non-hydrogen) atoms. The van der Waals surface area contributed by atoms with Gasteiger partial charge in [0, 0.05) is 61.8 Å². The van der Waals surface area contributed by atoms with Crippen LogP contribution < -0.4 is 16.0 Å². The molecule has 0 atom stereocenters. The number of aromatic nitrogens is 4. The fourth-order valence-corrected chi connectivity index (χ4v) is 5.78. The Bertz CT molecular complexity index is 1490. The predicted octanol–water partition coefficient (Wildman–Crippen LogP) is 3.68. The number of hydrogen-bond donors (Lipinski definition) is 4. The molecule has 0 spiro atoms. The molecule has 1 saturated heterocycles. The van der Waals surface area contributed by atoms with Gasteiger partial charge >= 0.3 is 0 Å². The molecule has 2 aromatic carbocycles. The molecule has 5 rings (SSSR count). The van der Waals surface area contributed by atoms with Gasteiger partial charge in [-0.3, -0.25) is 5.10 Å². The summed E-state index contributed by atoms with van der Waals surface area (Å²) < 4.78 is 28.1. The van der Waals surface area contributed by atoms with Crippen LogP contribution in [0.15, 0.2) is 59.9 Å². The molecule has 0 amide bonds. The lowest BCUT2D eigenvalue weighted by atomic mass is 10.1. The number of sulfonamides is 1. The molecule has 1 aliphatic heterocycles. The first-order valence-corrected chi connectivity index (χ1v) is 13.8. The first kappa shape index (κ1) is 24.9. The number of hydrogen-bond acceptors (Lipinski definition) is 8. The topological polar surface area (TPSA) is 128 Å². The second kappa shape index (κ2) is 11.1. The van der Waals surface area contributed by atoms with Crippen molar-refractivity contribution in [1.29, 1.82) is 0 Å². The molecule has 192 valence electrons. The van der Waals surface area contributed by atoms with Crippen molar-refractivity contribution in [1.82, 2.24) is 29.8 Å². The van der Waals surface area contributed by atoms with Gasteiger partial charge in [0.15, 0.2) is 0 Å². The highest BCUT2D eigenvalue weighted by atomic mass is 32.2. The van der Waals surface area contributed by atoms with E-state index in [9.17, 15) is 8.42 Å². The Balaban J connectivity index is 1.33. The number of nitrogens with zero attached hydrogens (tertiary/aromatic N) is 4. The Morgan fingerprint density at radius 2 is 1.86 bits per heavy atom. The Morgan fingerprint density at radius 1 is 1.05 bits per heavy atom. The van der Waals surface area contributed by atoms with Crippen molar-refractivity contribution in [2.75, 3.05) is 43.4 Å². The number of nitrogens with one attached hydrogen (secondary N) is 4. The predicted molar refractivity (Wildman–Crippen MR) is 147 cm³/mol. The smallest absolute Gasteiger partial charge is 0.245 e.